The van der Waals surface area contributed by atoms with E-state index < -0.39 is 0 Å². The molecule has 0 fully saturated rings. The van der Waals surface area contributed by atoms with E-state index in [0.29, 0.717) is 11.6 Å². The Hall–Kier alpha value is -1.94. The predicted molar refractivity (Wildman–Crippen MR) is 77.5 cm³/mol. The zero-order chi connectivity index (χ0) is 14.5. The highest BCUT2D eigenvalue weighted by molar-refractivity contribution is 5.36. The first kappa shape index (κ1) is 14.5. The predicted octanol–water partition coefficient (Wildman–Crippen LogP) is 3.99. The molecular formula is C16H19FN2O. The number of aryl methyl sites for hydroxylation is 1. The Balaban J connectivity index is 2.21. The van der Waals surface area contributed by atoms with Gasteiger partial charge in [-0.2, -0.15) is 0 Å². The van der Waals surface area contributed by atoms with Gasteiger partial charge in [-0.15, -0.1) is 0 Å². The van der Waals surface area contributed by atoms with E-state index in [2.05, 4.69) is 24.1 Å². The molecule has 0 saturated heterocycles. The lowest BCUT2D eigenvalue weighted by Crippen LogP contribution is -2.17. The van der Waals surface area contributed by atoms with Crippen LogP contribution in [0.5, 0.6) is 11.6 Å². The van der Waals surface area contributed by atoms with Crippen molar-refractivity contribution in [2.45, 2.75) is 26.8 Å². The Morgan fingerprint density at radius 1 is 1.30 bits per heavy atom. The van der Waals surface area contributed by atoms with E-state index in [1.165, 1.54) is 12.1 Å². The number of benzene rings is 1. The summed E-state index contributed by atoms with van der Waals surface area (Å²) in [6.07, 6.45) is 1.70. The average molecular weight is 274 g/mol. The topological polar surface area (TPSA) is 34.2 Å². The molecule has 4 heteroatoms. The standard InChI is InChI=1S/C16H19FN2O/c1-4-18-12(3)13-7-8-19-16(9-13)20-15-10-14(17)6-5-11(15)2/h5-10,12,18H,4H2,1-3H3. The molecule has 1 N–H and O–H groups in total. The van der Waals surface area contributed by atoms with Gasteiger partial charge in [0, 0.05) is 24.4 Å². The highest BCUT2D eigenvalue weighted by atomic mass is 19.1. The Morgan fingerprint density at radius 3 is 2.85 bits per heavy atom. The Labute approximate surface area is 118 Å². The van der Waals surface area contributed by atoms with Crippen LogP contribution in [0.3, 0.4) is 0 Å². The summed E-state index contributed by atoms with van der Waals surface area (Å²) < 4.78 is 18.9. The number of nitrogens with zero attached hydrogens (tertiary/aromatic N) is 1. The van der Waals surface area contributed by atoms with E-state index in [0.717, 1.165) is 17.7 Å². The molecule has 3 nitrogen and oxygen atoms in total. The summed E-state index contributed by atoms with van der Waals surface area (Å²) in [7, 11) is 0. The third-order valence-corrected chi connectivity index (χ3v) is 3.13. The molecule has 0 aliphatic carbocycles. The number of pyridine rings is 1. The first-order chi connectivity index (χ1) is 9.60. The largest absolute Gasteiger partial charge is 0.439 e. The fourth-order valence-corrected chi connectivity index (χ4v) is 1.97. The van der Waals surface area contributed by atoms with Crippen LogP contribution in [-0.2, 0) is 0 Å². The zero-order valence-corrected chi connectivity index (χ0v) is 12.0. The fraction of sp³-hybridized carbons (Fsp3) is 0.312. The number of hydrogen-bond donors (Lipinski definition) is 1. The van der Waals surface area contributed by atoms with Gasteiger partial charge in [-0.25, -0.2) is 9.37 Å². The van der Waals surface area contributed by atoms with Crippen LogP contribution in [0, 0.1) is 12.7 Å². The van der Waals surface area contributed by atoms with Crippen LogP contribution in [0.4, 0.5) is 4.39 Å². The van der Waals surface area contributed by atoms with Gasteiger partial charge in [-0.3, -0.25) is 0 Å². The van der Waals surface area contributed by atoms with Crippen molar-refractivity contribution in [3.05, 3.63) is 53.5 Å². The number of nitrogens with one attached hydrogen (secondary N) is 1. The molecule has 2 aromatic rings. The van der Waals surface area contributed by atoms with Gasteiger partial charge in [-0.1, -0.05) is 13.0 Å². The summed E-state index contributed by atoms with van der Waals surface area (Å²) in [4.78, 5) is 4.18. The van der Waals surface area contributed by atoms with E-state index in [9.17, 15) is 4.39 Å². The van der Waals surface area contributed by atoms with Gasteiger partial charge >= 0.3 is 0 Å². The molecule has 1 aromatic carbocycles. The minimum Gasteiger partial charge on any atom is -0.439 e. The van der Waals surface area contributed by atoms with Gasteiger partial charge in [0.25, 0.3) is 0 Å². The highest BCUT2D eigenvalue weighted by Gasteiger charge is 2.08. The number of halogens is 1. The second kappa shape index (κ2) is 6.48. The molecule has 1 atom stereocenters. The SMILES string of the molecule is CCNC(C)c1ccnc(Oc2cc(F)ccc2C)c1. The van der Waals surface area contributed by atoms with Crippen molar-refractivity contribution in [1.82, 2.24) is 10.3 Å². The molecule has 0 bridgehead atoms. The van der Waals surface area contributed by atoms with Gasteiger partial charge < -0.3 is 10.1 Å². The molecule has 0 aliphatic rings. The number of rotatable bonds is 5. The molecule has 0 aliphatic heterocycles. The molecule has 1 aromatic heterocycles. The second-order valence-electron chi connectivity index (χ2n) is 4.72. The average Bonchev–Trinajstić information content (AvgIpc) is 2.43. The molecule has 1 heterocycles. The van der Waals surface area contributed by atoms with Crippen molar-refractivity contribution in [3.8, 4) is 11.6 Å². The Kier molecular flexibility index (Phi) is 4.69. The van der Waals surface area contributed by atoms with E-state index in [4.69, 9.17) is 4.74 Å². The molecule has 0 amide bonds. The maximum absolute atomic E-state index is 13.2. The number of ether oxygens (including phenoxy) is 1. The number of hydrogen-bond acceptors (Lipinski definition) is 3. The third kappa shape index (κ3) is 3.54. The molecule has 0 saturated carbocycles. The van der Waals surface area contributed by atoms with Crippen molar-refractivity contribution >= 4 is 0 Å². The molecule has 0 radical (unpaired) electrons. The lowest BCUT2D eigenvalue weighted by Gasteiger charge is -2.14. The lowest BCUT2D eigenvalue weighted by molar-refractivity contribution is 0.452. The summed E-state index contributed by atoms with van der Waals surface area (Å²) in [6.45, 7) is 6.91. The molecular weight excluding hydrogens is 255 g/mol. The van der Waals surface area contributed by atoms with Gasteiger partial charge in [0.05, 0.1) is 0 Å². The molecule has 0 spiro atoms. The Morgan fingerprint density at radius 2 is 2.10 bits per heavy atom. The molecule has 20 heavy (non-hydrogen) atoms. The van der Waals surface area contributed by atoms with Gasteiger partial charge in [0.1, 0.15) is 11.6 Å². The minimum atomic E-state index is -0.317. The fourth-order valence-electron chi connectivity index (χ4n) is 1.97. The smallest absolute Gasteiger partial charge is 0.219 e. The summed E-state index contributed by atoms with van der Waals surface area (Å²) in [5.41, 5.74) is 1.96. The van der Waals surface area contributed by atoms with Gasteiger partial charge in [0.2, 0.25) is 5.88 Å². The quantitative estimate of drug-likeness (QED) is 0.895. The van der Waals surface area contributed by atoms with Gasteiger partial charge in [-0.05, 0) is 43.7 Å². The van der Waals surface area contributed by atoms with E-state index in [1.807, 2.05) is 19.1 Å². The van der Waals surface area contributed by atoms with E-state index in [1.54, 1.807) is 12.3 Å². The van der Waals surface area contributed by atoms with Gasteiger partial charge in [0.15, 0.2) is 0 Å². The summed E-state index contributed by atoms with van der Waals surface area (Å²) in [5, 5.41) is 3.33. The van der Waals surface area contributed by atoms with Crippen LogP contribution < -0.4 is 10.1 Å². The van der Waals surface area contributed by atoms with Crippen LogP contribution in [0.1, 0.15) is 31.0 Å². The zero-order valence-electron chi connectivity index (χ0n) is 12.0. The second-order valence-corrected chi connectivity index (χ2v) is 4.72. The van der Waals surface area contributed by atoms with Crippen molar-refractivity contribution in [2.75, 3.05) is 6.54 Å². The van der Waals surface area contributed by atoms with Crippen LogP contribution in [0.2, 0.25) is 0 Å². The van der Waals surface area contributed by atoms with Crippen LogP contribution in [-0.4, -0.2) is 11.5 Å². The highest BCUT2D eigenvalue weighted by Crippen LogP contribution is 2.26. The first-order valence-corrected chi connectivity index (χ1v) is 6.73. The summed E-state index contributed by atoms with van der Waals surface area (Å²) in [5.74, 6) is 0.648. The van der Waals surface area contributed by atoms with E-state index in [-0.39, 0.29) is 11.9 Å². The maximum Gasteiger partial charge on any atom is 0.219 e. The lowest BCUT2D eigenvalue weighted by atomic mass is 10.1. The van der Waals surface area contributed by atoms with Crippen LogP contribution >= 0.6 is 0 Å². The molecule has 2 rings (SSSR count). The van der Waals surface area contributed by atoms with Crippen molar-refractivity contribution < 1.29 is 9.13 Å². The normalized spacial score (nSPS) is 12.2. The van der Waals surface area contributed by atoms with Crippen LogP contribution in [0.15, 0.2) is 36.5 Å². The van der Waals surface area contributed by atoms with E-state index >= 15 is 0 Å². The summed E-state index contributed by atoms with van der Waals surface area (Å²) >= 11 is 0. The van der Waals surface area contributed by atoms with Crippen molar-refractivity contribution in [1.29, 1.82) is 0 Å². The monoisotopic (exact) mass is 274 g/mol. The first-order valence-electron chi connectivity index (χ1n) is 6.73. The minimum absolute atomic E-state index is 0.221. The maximum atomic E-state index is 13.2. The Bertz CT molecular complexity index is 586. The summed E-state index contributed by atoms with van der Waals surface area (Å²) in [6, 6.07) is 8.52. The third-order valence-electron chi connectivity index (χ3n) is 3.13. The molecule has 106 valence electrons. The van der Waals surface area contributed by atoms with Crippen molar-refractivity contribution in [3.63, 3.8) is 0 Å². The van der Waals surface area contributed by atoms with Crippen LogP contribution in [0.25, 0.3) is 0 Å². The number of aromatic nitrogens is 1. The molecule has 1 unspecified atom stereocenters. The van der Waals surface area contributed by atoms with Crippen molar-refractivity contribution in [2.24, 2.45) is 0 Å².